The number of aliphatic imine (C=N–C) groups is 1. The molecular formula is C18H28N4O3. The Kier molecular flexibility index (Phi) is 8.21. The van der Waals surface area contributed by atoms with Crippen LogP contribution in [-0.2, 0) is 16.0 Å². The Hall–Kier alpha value is -2.12. The molecule has 4 N–H and O–H groups in total. The number of guanidine groups is 1. The first-order valence-corrected chi connectivity index (χ1v) is 8.79. The van der Waals surface area contributed by atoms with Crippen LogP contribution in [0, 0.1) is 0 Å². The number of carbonyl (C=O) groups is 1. The molecule has 2 rings (SSSR count). The third kappa shape index (κ3) is 7.11. The molecular weight excluding hydrogens is 320 g/mol. The second-order valence-corrected chi connectivity index (χ2v) is 5.89. The van der Waals surface area contributed by atoms with Crippen LogP contribution >= 0.6 is 0 Å². The molecule has 1 fully saturated rings. The average Bonchev–Trinajstić information content (AvgIpc) is 3.13. The van der Waals surface area contributed by atoms with Crippen LogP contribution in [0.4, 0.5) is 0 Å². The van der Waals surface area contributed by atoms with Gasteiger partial charge in [-0.1, -0.05) is 12.1 Å². The number of nitrogens with zero attached hydrogens (tertiary/aromatic N) is 1. The van der Waals surface area contributed by atoms with E-state index in [0.717, 1.165) is 50.7 Å². The first-order valence-electron chi connectivity index (χ1n) is 8.79. The van der Waals surface area contributed by atoms with E-state index in [2.05, 4.69) is 15.6 Å². The van der Waals surface area contributed by atoms with Gasteiger partial charge in [-0.2, -0.15) is 0 Å². The molecule has 1 heterocycles. The highest BCUT2D eigenvalue weighted by molar-refractivity contribution is 5.92. The molecule has 7 nitrogen and oxygen atoms in total. The number of nitrogens with one attached hydrogen (secondary N) is 2. The van der Waals surface area contributed by atoms with Gasteiger partial charge < -0.3 is 25.8 Å². The van der Waals surface area contributed by atoms with Gasteiger partial charge in [-0.15, -0.1) is 0 Å². The first kappa shape index (κ1) is 19.2. The van der Waals surface area contributed by atoms with E-state index in [1.165, 1.54) is 0 Å². The molecule has 7 heteroatoms. The van der Waals surface area contributed by atoms with Crippen molar-refractivity contribution in [3.8, 4) is 0 Å². The fourth-order valence-electron chi connectivity index (χ4n) is 2.46. The third-order valence-electron chi connectivity index (χ3n) is 3.86. The number of primary amides is 1. The molecule has 1 saturated heterocycles. The van der Waals surface area contributed by atoms with Crippen molar-refractivity contribution in [3.63, 3.8) is 0 Å². The molecule has 0 spiro atoms. The lowest BCUT2D eigenvalue weighted by Crippen LogP contribution is -2.38. The van der Waals surface area contributed by atoms with Gasteiger partial charge in [0.1, 0.15) is 0 Å². The Labute approximate surface area is 149 Å². The molecule has 1 unspecified atom stereocenters. The zero-order chi connectivity index (χ0) is 17.9. The number of hydrogen-bond donors (Lipinski definition) is 3. The van der Waals surface area contributed by atoms with Crippen molar-refractivity contribution >= 4 is 11.9 Å². The second kappa shape index (κ2) is 10.7. The Morgan fingerprint density at radius 1 is 1.36 bits per heavy atom. The maximum Gasteiger partial charge on any atom is 0.248 e. The van der Waals surface area contributed by atoms with Gasteiger partial charge in [0, 0.05) is 31.9 Å². The lowest BCUT2D eigenvalue weighted by atomic mass is 10.1. The van der Waals surface area contributed by atoms with Crippen LogP contribution in [-0.4, -0.2) is 50.9 Å². The molecule has 0 bridgehead atoms. The Morgan fingerprint density at radius 3 is 2.80 bits per heavy atom. The Balaban J connectivity index is 1.72. The van der Waals surface area contributed by atoms with Crippen molar-refractivity contribution < 1.29 is 14.3 Å². The lowest BCUT2D eigenvalue weighted by molar-refractivity contribution is 0.0420. The molecule has 138 valence electrons. The smallest absolute Gasteiger partial charge is 0.248 e. The van der Waals surface area contributed by atoms with E-state index in [1.54, 1.807) is 12.1 Å². The molecule has 0 saturated carbocycles. The van der Waals surface area contributed by atoms with Gasteiger partial charge >= 0.3 is 0 Å². The third-order valence-corrected chi connectivity index (χ3v) is 3.86. The summed E-state index contributed by atoms with van der Waals surface area (Å²) in [6, 6.07) is 7.17. The summed E-state index contributed by atoms with van der Waals surface area (Å²) in [5.41, 5.74) is 6.77. The predicted octanol–water partition coefficient (Wildman–Crippen LogP) is 1.04. The average molecular weight is 348 g/mol. The molecule has 1 amide bonds. The Morgan fingerprint density at radius 2 is 2.16 bits per heavy atom. The highest BCUT2D eigenvalue weighted by Gasteiger charge is 2.15. The number of amides is 1. The van der Waals surface area contributed by atoms with E-state index < -0.39 is 5.91 Å². The van der Waals surface area contributed by atoms with E-state index in [1.807, 2.05) is 19.1 Å². The van der Waals surface area contributed by atoms with Gasteiger partial charge in [0.05, 0.1) is 19.3 Å². The van der Waals surface area contributed by atoms with Crippen molar-refractivity contribution in [2.24, 2.45) is 10.7 Å². The normalized spacial score (nSPS) is 17.5. The molecule has 1 atom stereocenters. The van der Waals surface area contributed by atoms with Crippen LogP contribution in [0.3, 0.4) is 0 Å². The minimum absolute atomic E-state index is 0.255. The van der Waals surface area contributed by atoms with Gasteiger partial charge in [-0.05, 0) is 37.5 Å². The molecule has 1 aliphatic rings. The fraction of sp³-hybridized carbons (Fsp3) is 0.556. The van der Waals surface area contributed by atoms with Crippen LogP contribution in [0.15, 0.2) is 29.3 Å². The van der Waals surface area contributed by atoms with Crippen LogP contribution in [0.2, 0.25) is 0 Å². The molecule has 25 heavy (non-hydrogen) atoms. The van der Waals surface area contributed by atoms with E-state index in [4.69, 9.17) is 15.2 Å². The molecule has 1 aromatic rings. The Bertz CT molecular complexity index is 554. The van der Waals surface area contributed by atoms with Crippen molar-refractivity contribution in [2.75, 3.05) is 32.9 Å². The SMILES string of the molecule is CCNC(=NCc1ccc(C(N)=O)cc1)NCCCOC1CCOC1. The number of benzene rings is 1. The fourth-order valence-corrected chi connectivity index (χ4v) is 2.46. The zero-order valence-electron chi connectivity index (χ0n) is 14.8. The van der Waals surface area contributed by atoms with Crippen molar-refractivity contribution in [1.29, 1.82) is 0 Å². The molecule has 1 aliphatic heterocycles. The van der Waals surface area contributed by atoms with Gasteiger partial charge in [-0.25, -0.2) is 4.99 Å². The van der Waals surface area contributed by atoms with Crippen LogP contribution in [0.1, 0.15) is 35.7 Å². The number of carbonyl (C=O) groups excluding carboxylic acids is 1. The second-order valence-electron chi connectivity index (χ2n) is 5.89. The first-order chi connectivity index (χ1) is 12.2. The molecule has 0 aromatic heterocycles. The lowest BCUT2D eigenvalue weighted by Gasteiger charge is -2.13. The summed E-state index contributed by atoms with van der Waals surface area (Å²) in [5, 5.41) is 6.52. The number of rotatable bonds is 9. The van der Waals surface area contributed by atoms with Gasteiger partial charge in [0.25, 0.3) is 0 Å². The summed E-state index contributed by atoms with van der Waals surface area (Å²) in [6.45, 7) is 6.39. The highest BCUT2D eigenvalue weighted by atomic mass is 16.5. The van der Waals surface area contributed by atoms with E-state index in [-0.39, 0.29) is 6.10 Å². The van der Waals surface area contributed by atoms with Crippen LogP contribution < -0.4 is 16.4 Å². The van der Waals surface area contributed by atoms with Crippen LogP contribution in [0.25, 0.3) is 0 Å². The summed E-state index contributed by atoms with van der Waals surface area (Å²) in [5.74, 6) is 0.349. The van der Waals surface area contributed by atoms with Crippen LogP contribution in [0.5, 0.6) is 0 Å². The molecule has 1 aromatic carbocycles. The monoisotopic (exact) mass is 348 g/mol. The van der Waals surface area contributed by atoms with Crippen molar-refractivity contribution in [3.05, 3.63) is 35.4 Å². The summed E-state index contributed by atoms with van der Waals surface area (Å²) < 4.78 is 11.0. The number of hydrogen-bond acceptors (Lipinski definition) is 4. The summed E-state index contributed by atoms with van der Waals surface area (Å²) in [6.07, 6.45) is 2.16. The van der Waals surface area contributed by atoms with Gasteiger partial charge in [0.2, 0.25) is 5.91 Å². The largest absolute Gasteiger partial charge is 0.379 e. The molecule has 0 radical (unpaired) electrons. The topological polar surface area (TPSA) is 98.0 Å². The standard InChI is InChI=1S/C18H28N4O3/c1-2-20-18(21-9-3-10-25-16-8-11-24-13-16)22-12-14-4-6-15(7-5-14)17(19)23/h4-7,16H,2-3,8-13H2,1H3,(H2,19,23)(H2,20,21,22). The van der Waals surface area contributed by atoms with Gasteiger partial charge in [0.15, 0.2) is 5.96 Å². The summed E-state index contributed by atoms with van der Waals surface area (Å²) in [7, 11) is 0. The van der Waals surface area contributed by atoms with E-state index in [9.17, 15) is 4.79 Å². The van der Waals surface area contributed by atoms with Gasteiger partial charge in [-0.3, -0.25) is 4.79 Å². The highest BCUT2D eigenvalue weighted by Crippen LogP contribution is 2.08. The predicted molar refractivity (Wildman–Crippen MR) is 97.6 cm³/mol. The summed E-state index contributed by atoms with van der Waals surface area (Å²) >= 11 is 0. The zero-order valence-corrected chi connectivity index (χ0v) is 14.8. The quantitative estimate of drug-likeness (QED) is 0.352. The minimum Gasteiger partial charge on any atom is -0.379 e. The minimum atomic E-state index is -0.420. The van der Waals surface area contributed by atoms with Crippen molar-refractivity contribution in [1.82, 2.24) is 10.6 Å². The maximum absolute atomic E-state index is 11.1. The summed E-state index contributed by atoms with van der Waals surface area (Å²) in [4.78, 5) is 15.6. The van der Waals surface area contributed by atoms with E-state index >= 15 is 0 Å². The van der Waals surface area contributed by atoms with E-state index in [0.29, 0.717) is 18.7 Å². The van der Waals surface area contributed by atoms with Crippen molar-refractivity contribution in [2.45, 2.75) is 32.4 Å². The maximum atomic E-state index is 11.1. The number of nitrogens with two attached hydrogens (primary N) is 1. The number of ether oxygens (including phenoxy) is 2. The molecule has 0 aliphatic carbocycles.